The standard InChI is InChI=1S/C46H47F3N6O9S/c1-9-27-18-19-29(25-34(27)63-36-26-35(62-8)51-39(52-36)28-14-11-10-12-15-28)37(53-42(58)38(44(2,3)4)54-43(59)64-45(5,6)7)41(57)50-32-17-13-16-30(24-32)40(56)55-65(60,61)33-22-20-31(21-23-33)46(47,48)49/h9-26,37-38H,1H2,2-8H3,(H,50,57)(H,53,58)(H,54,59)(H,55,56)/t37?,38-/m1/s1. The molecule has 0 bridgehead atoms. The summed E-state index contributed by atoms with van der Waals surface area (Å²) in [7, 11) is -3.21. The summed E-state index contributed by atoms with van der Waals surface area (Å²) in [6, 6.07) is 20.0. The van der Waals surface area contributed by atoms with Gasteiger partial charge in [-0.25, -0.2) is 17.9 Å². The molecule has 65 heavy (non-hydrogen) atoms. The predicted octanol–water partition coefficient (Wildman–Crippen LogP) is 8.46. The summed E-state index contributed by atoms with van der Waals surface area (Å²) in [6.07, 6.45) is -4.10. The minimum absolute atomic E-state index is 0.0196. The molecule has 1 heterocycles. The van der Waals surface area contributed by atoms with Gasteiger partial charge in [0.15, 0.2) is 5.82 Å². The monoisotopic (exact) mass is 916 g/mol. The highest BCUT2D eigenvalue weighted by Gasteiger charge is 2.37. The van der Waals surface area contributed by atoms with Crippen LogP contribution in [0.2, 0.25) is 0 Å². The van der Waals surface area contributed by atoms with E-state index in [2.05, 4.69) is 32.5 Å². The lowest BCUT2D eigenvalue weighted by molar-refractivity contribution is -0.137. The number of anilines is 1. The SMILES string of the molecule is C=Cc1ccc(C(NC(=O)[C@@H](NC(=O)OC(C)(C)C)C(C)(C)C)C(=O)Nc2cccc(C(=O)NS(=O)(=O)c3ccc(C(F)(F)F)cc3)c2)cc1Oc1cc(OC)nc(-c2ccccc2)n1. The van der Waals surface area contributed by atoms with E-state index in [4.69, 9.17) is 14.2 Å². The van der Waals surface area contributed by atoms with Gasteiger partial charge in [-0.2, -0.15) is 23.1 Å². The van der Waals surface area contributed by atoms with Crippen LogP contribution in [-0.4, -0.2) is 61.0 Å². The van der Waals surface area contributed by atoms with E-state index in [1.165, 1.54) is 49.6 Å². The first kappa shape index (κ1) is 48.7. The Morgan fingerprint density at radius 2 is 1.43 bits per heavy atom. The molecule has 5 rings (SSSR count). The van der Waals surface area contributed by atoms with Crippen molar-refractivity contribution in [1.82, 2.24) is 25.3 Å². The fourth-order valence-corrected chi connectivity index (χ4v) is 6.99. The van der Waals surface area contributed by atoms with Gasteiger partial charge in [-0.05, 0) is 80.3 Å². The van der Waals surface area contributed by atoms with Gasteiger partial charge >= 0.3 is 12.3 Å². The molecule has 1 aromatic heterocycles. The number of methoxy groups -OCH3 is 1. The number of aromatic nitrogens is 2. The zero-order valence-corrected chi connectivity index (χ0v) is 37.2. The van der Waals surface area contributed by atoms with Crippen molar-refractivity contribution >= 4 is 45.6 Å². The normalized spacial score (nSPS) is 12.8. The van der Waals surface area contributed by atoms with E-state index < -0.39 is 73.6 Å². The van der Waals surface area contributed by atoms with E-state index in [-0.39, 0.29) is 34.3 Å². The summed E-state index contributed by atoms with van der Waals surface area (Å²) in [4.78, 5) is 63.2. The summed E-state index contributed by atoms with van der Waals surface area (Å²) in [5, 5.41) is 7.97. The largest absolute Gasteiger partial charge is 0.481 e. The van der Waals surface area contributed by atoms with Crippen LogP contribution < -0.4 is 30.1 Å². The lowest BCUT2D eigenvalue weighted by Crippen LogP contribution is -2.55. The summed E-state index contributed by atoms with van der Waals surface area (Å²) < 4.78 is 84.0. The smallest absolute Gasteiger partial charge is 0.416 e. The number of hydrogen-bond acceptors (Lipinski definition) is 11. The van der Waals surface area contributed by atoms with E-state index >= 15 is 0 Å². The second-order valence-electron chi connectivity index (χ2n) is 16.5. The van der Waals surface area contributed by atoms with Crippen molar-refractivity contribution in [1.29, 1.82) is 0 Å². The molecule has 1 unspecified atom stereocenters. The minimum Gasteiger partial charge on any atom is -0.481 e. The zero-order valence-electron chi connectivity index (χ0n) is 36.4. The lowest BCUT2D eigenvalue weighted by atomic mass is 9.86. The van der Waals surface area contributed by atoms with Gasteiger partial charge in [-0.3, -0.25) is 14.4 Å². The molecular formula is C46H47F3N6O9S. The number of alkyl carbamates (subject to hydrolysis) is 1. The fourth-order valence-electron chi connectivity index (χ4n) is 6.02. The van der Waals surface area contributed by atoms with Crippen LogP contribution in [0.25, 0.3) is 17.5 Å². The van der Waals surface area contributed by atoms with Gasteiger partial charge in [0, 0.05) is 22.4 Å². The molecule has 0 aliphatic rings. The quantitative estimate of drug-likeness (QED) is 0.0832. The maximum absolute atomic E-state index is 14.4. The lowest BCUT2D eigenvalue weighted by Gasteiger charge is -2.32. The Bertz CT molecular complexity index is 2680. The van der Waals surface area contributed by atoms with Gasteiger partial charge in [0.2, 0.25) is 17.7 Å². The molecule has 0 fully saturated rings. The van der Waals surface area contributed by atoms with Crippen molar-refractivity contribution in [2.24, 2.45) is 5.41 Å². The number of benzene rings is 4. The third-order valence-corrected chi connectivity index (χ3v) is 10.5. The van der Waals surface area contributed by atoms with Crippen LogP contribution in [0.15, 0.2) is 115 Å². The average Bonchev–Trinajstić information content (AvgIpc) is 3.23. The Kier molecular flexibility index (Phi) is 14.7. The van der Waals surface area contributed by atoms with Crippen LogP contribution in [-0.2, 0) is 30.5 Å². The predicted molar refractivity (Wildman–Crippen MR) is 235 cm³/mol. The molecule has 0 saturated carbocycles. The van der Waals surface area contributed by atoms with Crippen LogP contribution in [0.3, 0.4) is 0 Å². The Morgan fingerprint density at radius 3 is 2.03 bits per heavy atom. The topological polar surface area (TPSA) is 204 Å². The van der Waals surface area contributed by atoms with Gasteiger partial charge in [-0.1, -0.05) is 82.0 Å². The van der Waals surface area contributed by atoms with Crippen LogP contribution in [0.5, 0.6) is 17.5 Å². The Balaban J connectivity index is 1.50. The van der Waals surface area contributed by atoms with Crippen molar-refractivity contribution < 1.29 is 55.0 Å². The molecule has 342 valence electrons. The van der Waals surface area contributed by atoms with E-state index in [0.29, 0.717) is 41.2 Å². The second kappa shape index (κ2) is 19.6. The first-order chi connectivity index (χ1) is 30.4. The maximum atomic E-state index is 14.4. The first-order valence-corrected chi connectivity index (χ1v) is 21.2. The van der Waals surface area contributed by atoms with Gasteiger partial charge < -0.3 is 30.2 Å². The van der Waals surface area contributed by atoms with Gasteiger partial charge in [-0.15, -0.1) is 0 Å². The Labute approximate surface area is 373 Å². The van der Waals surface area contributed by atoms with Crippen molar-refractivity contribution in [3.8, 4) is 28.9 Å². The molecule has 0 saturated heterocycles. The molecule has 0 radical (unpaired) electrons. The molecule has 0 aliphatic heterocycles. The van der Waals surface area contributed by atoms with Crippen LogP contribution in [0, 0.1) is 5.41 Å². The number of sulfonamides is 1. The van der Waals surface area contributed by atoms with Crippen LogP contribution >= 0.6 is 0 Å². The number of ether oxygens (including phenoxy) is 3. The Hall–Kier alpha value is -7.28. The summed E-state index contributed by atoms with van der Waals surface area (Å²) >= 11 is 0. The maximum Gasteiger partial charge on any atom is 0.416 e. The second-order valence-corrected chi connectivity index (χ2v) is 18.1. The van der Waals surface area contributed by atoms with Crippen molar-refractivity contribution in [2.45, 2.75) is 70.3 Å². The molecule has 2 atom stereocenters. The average molecular weight is 917 g/mol. The summed E-state index contributed by atoms with van der Waals surface area (Å²) in [5.41, 5.74) is -1.88. The number of alkyl halides is 3. The first-order valence-electron chi connectivity index (χ1n) is 19.7. The molecule has 4 amide bonds. The molecule has 0 aliphatic carbocycles. The Morgan fingerprint density at radius 1 is 0.769 bits per heavy atom. The summed E-state index contributed by atoms with van der Waals surface area (Å²) in [6.45, 7) is 13.9. The number of rotatable bonds is 14. The molecule has 0 spiro atoms. The number of hydrogen-bond donors (Lipinski definition) is 4. The van der Waals surface area contributed by atoms with Crippen molar-refractivity contribution in [3.05, 3.63) is 132 Å². The number of carbonyl (C=O) groups is 4. The van der Waals surface area contributed by atoms with E-state index in [9.17, 15) is 40.8 Å². The van der Waals surface area contributed by atoms with E-state index in [0.717, 1.165) is 6.07 Å². The van der Waals surface area contributed by atoms with Crippen LogP contribution in [0.1, 0.15) is 74.6 Å². The highest BCUT2D eigenvalue weighted by atomic mass is 32.2. The van der Waals surface area contributed by atoms with E-state index in [1.54, 1.807) is 59.7 Å². The zero-order chi connectivity index (χ0) is 47.9. The highest BCUT2D eigenvalue weighted by Crippen LogP contribution is 2.33. The molecule has 5 aromatic rings. The molecule has 4 aromatic carbocycles. The molecule has 4 N–H and O–H groups in total. The number of halogens is 3. The van der Waals surface area contributed by atoms with Crippen LogP contribution in [0.4, 0.5) is 23.7 Å². The van der Waals surface area contributed by atoms with E-state index in [1.807, 2.05) is 22.9 Å². The fraction of sp³-hybridized carbons (Fsp3) is 0.261. The number of nitrogens with one attached hydrogen (secondary N) is 4. The third kappa shape index (κ3) is 13.1. The minimum atomic E-state index is -4.71. The molecule has 15 nitrogen and oxygen atoms in total. The van der Waals surface area contributed by atoms with Gasteiger partial charge in [0.1, 0.15) is 23.4 Å². The summed E-state index contributed by atoms with van der Waals surface area (Å²) in [5.74, 6) is -2.11. The molecular weight excluding hydrogens is 870 g/mol. The van der Waals surface area contributed by atoms with Gasteiger partial charge in [0.25, 0.3) is 21.8 Å². The molecule has 19 heteroatoms. The van der Waals surface area contributed by atoms with Crippen molar-refractivity contribution in [2.75, 3.05) is 12.4 Å². The third-order valence-electron chi connectivity index (χ3n) is 9.18. The number of amides is 4. The van der Waals surface area contributed by atoms with Gasteiger partial charge in [0.05, 0.1) is 23.6 Å². The number of carbonyl (C=O) groups excluding carboxylic acids is 4. The highest BCUT2D eigenvalue weighted by molar-refractivity contribution is 7.90. The number of nitrogens with zero attached hydrogens (tertiary/aromatic N) is 2. The van der Waals surface area contributed by atoms with Crippen molar-refractivity contribution in [3.63, 3.8) is 0 Å².